The first kappa shape index (κ1) is 14.3. The standard InChI is InChI=1S/C16H21N3OS/c1-10(2)12-7-6-11-13(17)14(21-15(11)18-12)16(20)19-8-4-3-5-9-19/h6-7,10H,3-5,8-9,17H2,1-2H3. The third-order valence-corrected chi connectivity index (χ3v) is 5.15. The molecule has 1 saturated heterocycles. The fraction of sp³-hybridized carbons (Fsp3) is 0.500. The molecule has 5 heteroatoms. The predicted molar refractivity (Wildman–Crippen MR) is 87.9 cm³/mol. The first-order valence-electron chi connectivity index (χ1n) is 7.56. The van der Waals surface area contributed by atoms with Crippen molar-refractivity contribution in [2.24, 2.45) is 0 Å². The second-order valence-electron chi connectivity index (χ2n) is 5.94. The van der Waals surface area contributed by atoms with Crippen molar-refractivity contribution in [3.05, 3.63) is 22.7 Å². The van der Waals surface area contributed by atoms with E-state index in [0.717, 1.165) is 41.8 Å². The van der Waals surface area contributed by atoms with Crippen molar-refractivity contribution in [1.82, 2.24) is 9.88 Å². The number of rotatable bonds is 2. The highest BCUT2D eigenvalue weighted by Gasteiger charge is 2.24. The predicted octanol–water partition coefficient (Wildman–Crippen LogP) is 3.63. The number of pyridine rings is 1. The smallest absolute Gasteiger partial charge is 0.266 e. The molecule has 0 aliphatic carbocycles. The van der Waals surface area contributed by atoms with Crippen LogP contribution in [0.25, 0.3) is 10.2 Å². The summed E-state index contributed by atoms with van der Waals surface area (Å²) in [6.07, 6.45) is 3.39. The van der Waals surface area contributed by atoms with Crippen LogP contribution in [0.2, 0.25) is 0 Å². The van der Waals surface area contributed by atoms with Gasteiger partial charge in [-0.05, 0) is 37.3 Å². The third-order valence-electron chi connectivity index (χ3n) is 4.04. The first-order valence-corrected chi connectivity index (χ1v) is 8.37. The number of anilines is 1. The average Bonchev–Trinajstić information content (AvgIpc) is 2.84. The van der Waals surface area contributed by atoms with E-state index in [1.165, 1.54) is 17.8 Å². The Morgan fingerprint density at radius 1 is 1.29 bits per heavy atom. The second-order valence-corrected chi connectivity index (χ2v) is 6.94. The molecule has 21 heavy (non-hydrogen) atoms. The minimum atomic E-state index is 0.0706. The lowest BCUT2D eigenvalue weighted by molar-refractivity contribution is 0.0730. The Hall–Kier alpha value is -1.62. The zero-order valence-corrected chi connectivity index (χ0v) is 13.4. The molecular weight excluding hydrogens is 282 g/mol. The molecule has 3 rings (SSSR count). The Bertz CT molecular complexity index is 671. The number of nitrogens with two attached hydrogens (primary N) is 1. The molecule has 3 heterocycles. The molecule has 0 radical (unpaired) electrons. The highest BCUT2D eigenvalue weighted by molar-refractivity contribution is 7.21. The average molecular weight is 303 g/mol. The number of carbonyl (C=O) groups is 1. The number of likely N-dealkylation sites (tertiary alicyclic amines) is 1. The summed E-state index contributed by atoms with van der Waals surface area (Å²) in [6.45, 7) is 5.92. The minimum absolute atomic E-state index is 0.0706. The summed E-state index contributed by atoms with van der Waals surface area (Å²) in [7, 11) is 0. The number of thiophene rings is 1. The van der Waals surface area contributed by atoms with E-state index in [2.05, 4.69) is 18.8 Å². The number of aromatic nitrogens is 1. The number of amides is 1. The molecule has 2 aromatic rings. The van der Waals surface area contributed by atoms with Gasteiger partial charge in [-0.15, -0.1) is 11.3 Å². The van der Waals surface area contributed by atoms with Crippen LogP contribution in [0.3, 0.4) is 0 Å². The van der Waals surface area contributed by atoms with Gasteiger partial charge in [0.25, 0.3) is 5.91 Å². The number of piperidine rings is 1. The van der Waals surface area contributed by atoms with Crippen LogP contribution in [0.4, 0.5) is 5.69 Å². The SMILES string of the molecule is CC(C)c1ccc2c(N)c(C(=O)N3CCCCC3)sc2n1. The maximum atomic E-state index is 12.6. The number of carbonyl (C=O) groups excluding carboxylic acids is 1. The zero-order chi connectivity index (χ0) is 15.0. The summed E-state index contributed by atoms with van der Waals surface area (Å²) >= 11 is 1.43. The Balaban J connectivity index is 1.98. The van der Waals surface area contributed by atoms with Crippen molar-refractivity contribution in [2.45, 2.75) is 39.0 Å². The van der Waals surface area contributed by atoms with Gasteiger partial charge in [-0.3, -0.25) is 4.79 Å². The summed E-state index contributed by atoms with van der Waals surface area (Å²) < 4.78 is 0. The van der Waals surface area contributed by atoms with Crippen LogP contribution >= 0.6 is 11.3 Å². The summed E-state index contributed by atoms with van der Waals surface area (Å²) in [5.41, 5.74) is 7.83. The fourth-order valence-electron chi connectivity index (χ4n) is 2.73. The molecule has 0 aromatic carbocycles. The molecule has 1 amide bonds. The number of fused-ring (bicyclic) bond motifs is 1. The summed E-state index contributed by atoms with van der Waals surface area (Å²) in [4.78, 5) is 20.7. The topological polar surface area (TPSA) is 59.2 Å². The lowest BCUT2D eigenvalue weighted by Gasteiger charge is -2.26. The molecule has 0 bridgehead atoms. The summed E-state index contributed by atoms with van der Waals surface area (Å²) in [5.74, 6) is 0.445. The second kappa shape index (κ2) is 5.64. The van der Waals surface area contributed by atoms with Crippen LogP contribution in [-0.2, 0) is 0 Å². The van der Waals surface area contributed by atoms with E-state index < -0.39 is 0 Å². The molecule has 1 aliphatic rings. The quantitative estimate of drug-likeness (QED) is 0.921. The maximum absolute atomic E-state index is 12.6. The van der Waals surface area contributed by atoms with E-state index in [1.807, 2.05) is 17.0 Å². The molecule has 1 aliphatic heterocycles. The molecule has 0 atom stereocenters. The van der Waals surface area contributed by atoms with Gasteiger partial charge in [0.1, 0.15) is 9.71 Å². The maximum Gasteiger partial charge on any atom is 0.266 e. The van der Waals surface area contributed by atoms with Crippen LogP contribution in [0, 0.1) is 0 Å². The van der Waals surface area contributed by atoms with Crippen molar-refractivity contribution in [3.8, 4) is 0 Å². The molecule has 1 fully saturated rings. The number of nitrogen functional groups attached to an aromatic ring is 1. The van der Waals surface area contributed by atoms with Gasteiger partial charge < -0.3 is 10.6 Å². The molecule has 0 unspecified atom stereocenters. The van der Waals surface area contributed by atoms with Gasteiger partial charge >= 0.3 is 0 Å². The lowest BCUT2D eigenvalue weighted by Crippen LogP contribution is -2.35. The van der Waals surface area contributed by atoms with Gasteiger partial charge in [0.15, 0.2) is 0 Å². The molecule has 2 N–H and O–H groups in total. The van der Waals surface area contributed by atoms with Gasteiger partial charge in [0.2, 0.25) is 0 Å². The Morgan fingerprint density at radius 3 is 2.67 bits per heavy atom. The fourth-order valence-corrected chi connectivity index (χ4v) is 3.80. The van der Waals surface area contributed by atoms with Gasteiger partial charge in [0.05, 0.1) is 5.69 Å². The van der Waals surface area contributed by atoms with E-state index in [-0.39, 0.29) is 5.91 Å². The van der Waals surface area contributed by atoms with Crippen molar-refractivity contribution in [1.29, 1.82) is 0 Å². The minimum Gasteiger partial charge on any atom is -0.397 e. The molecule has 4 nitrogen and oxygen atoms in total. The monoisotopic (exact) mass is 303 g/mol. The number of hydrogen-bond donors (Lipinski definition) is 1. The highest BCUT2D eigenvalue weighted by Crippen LogP contribution is 2.34. The molecule has 0 saturated carbocycles. The van der Waals surface area contributed by atoms with Crippen LogP contribution in [-0.4, -0.2) is 28.9 Å². The van der Waals surface area contributed by atoms with Crippen molar-refractivity contribution >= 4 is 33.1 Å². The van der Waals surface area contributed by atoms with E-state index >= 15 is 0 Å². The Morgan fingerprint density at radius 2 is 2.00 bits per heavy atom. The molecular formula is C16H21N3OS. The van der Waals surface area contributed by atoms with Gasteiger partial charge in [-0.2, -0.15) is 0 Å². The van der Waals surface area contributed by atoms with Crippen LogP contribution in [0.15, 0.2) is 12.1 Å². The van der Waals surface area contributed by atoms with E-state index in [4.69, 9.17) is 5.73 Å². The number of nitrogens with zero attached hydrogens (tertiary/aromatic N) is 2. The van der Waals surface area contributed by atoms with Gasteiger partial charge in [0, 0.05) is 24.2 Å². The van der Waals surface area contributed by atoms with Gasteiger partial charge in [-0.25, -0.2) is 4.98 Å². The van der Waals surface area contributed by atoms with Crippen molar-refractivity contribution in [3.63, 3.8) is 0 Å². The summed E-state index contributed by atoms with van der Waals surface area (Å²) in [5, 5.41) is 0.907. The van der Waals surface area contributed by atoms with Crippen LogP contribution in [0.1, 0.15) is 54.4 Å². The Kier molecular flexibility index (Phi) is 3.85. The van der Waals surface area contributed by atoms with E-state index in [1.54, 1.807) is 0 Å². The summed E-state index contributed by atoms with van der Waals surface area (Å²) in [6, 6.07) is 4.00. The molecule has 112 valence electrons. The largest absolute Gasteiger partial charge is 0.397 e. The van der Waals surface area contributed by atoms with Crippen molar-refractivity contribution < 1.29 is 4.79 Å². The highest BCUT2D eigenvalue weighted by atomic mass is 32.1. The molecule has 2 aromatic heterocycles. The van der Waals surface area contributed by atoms with E-state index in [0.29, 0.717) is 16.5 Å². The first-order chi connectivity index (χ1) is 10.1. The van der Waals surface area contributed by atoms with Gasteiger partial charge in [-0.1, -0.05) is 13.8 Å². The zero-order valence-electron chi connectivity index (χ0n) is 12.6. The van der Waals surface area contributed by atoms with E-state index in [9.17, 15) is 4.79 Å². The van der Waals surface area contributed by atoms with Crippen molar-refractivity contribution in [2.75, 3.05) is 18.8 Å². The molecule has 0 spiro atoms. The Labute approximate surface area is 129 Å². The van der Waals surface area contributed by atoms with Crippen LogP contribution < -0.4 is 5.73 Å². The number of hydrogen-bond acceptors (Lipinski definition) is 4. The normalized spacial score (nSPS) is 15.9. The lowest BCUT2D eigenvalue weighted by atomic mass is 10.1. The van der Waals surface area contributed by atoms with Crippen LogP contribution in [0.5, 0.6) is 0 Å². The third kappa shape index (κ3) is 2.62.